The predicted octanol–water partition coefficient (Wildman–Crippen LogP) is 2.16. The highest BCUT2D eigenvalue weighted by Gasteiger charge is 2.08. The first-order valence-electron chi connectivity index (χ1n) is 5.89. The molecule has 0 aliphatic rings. The third-order valence-electron chi connectivity index (χ3n) is 2.74. The number of aryl methyl sites for hydroxylation is 1. The van der Waals surface area contributed by atoms with Crippen molar-refractivity contribution in [1.29, 1.82) is 0 Å². The summed E-state index contributed by atoms with van der Waals surface area (Å²) in [5, 5.41) is 10.6. The summed E-state index contributed by atoms with van der Waals surface area (Å²) in [5.74, 6) is 6.40. The molecular formula is C13H14N4O3. The maximum atomic E-state index is 10.6. The topological polar surface area (TPSA) is 103 Å². The van der Waals surface area contributed by atoms with Crippen LogP contribution in [0.15, 0.2) is 36.5 Å². The number of benzene rings is 1. The highest BCUT2D eigenvalue weighted by atomic mass is 16.6. The second-order valence-corrected chi connectivity index (χ2v) is 4.19. The van der Waals surface area contributed by atoms with Crippen molar-refractivity contribution in [1.82, 2.24) is 4.98 Å². The molecule has 0 saturated carbocycles. The number of anilines is 1. The first kappa shape index (κ1) is 13.8. The number of hydrogen-bond acceptors (Lipinski definition) is 6. The molecule has 2 aromatic rings. The molecule has 0 unspecified atom stereocenters. The minimum Gasteiger partial charge on any atom is -0.489 e. The van der Waals surface area contributed by atoms with Crippen molar-refractivity contribution in [3.05, 3.63) is 57.8 Å². The molecule has 2 rings (SSSR count). The Morgan fingerprint density at radius 3 is 2.75 bits per heavy atom. The largest absolute Gasteiger partial charge is 0.489 e. The van der Waals surface area contributed by atoms with Gasteiger partial charge >= 0.3 is 0 Å². The Balaban J connectivity index is 2.04. The van der Waals surface area contributed by atoms with Gasteiger partial charge in [0, 0.05) is 23.9 Å². The van der Waals surface area contributed by atoms with E-state index in [1.165, 1.54) is 12.1 Å². The number of ether oxygens (including phenoxy) is 1. The van der Waals surface area contributed by atoms with Crippen molar-refractivity contribution in [2.75, 3.05) is 5.43 Å². The first-order chi connectivity index (χ1) is 9.60. The zero-order valence-corrected chi connectivity index (χ0v) is 10.9. The van der Waals surface area contributed by atoms with Gasteiger partial charge in [0.1, 0.15) is 18.2 Å². The van der Waals surface area contributed by atoms with Gasteiger partial charge in [-0.05, 0) is 24.6 Å². The van der Waals surface area contributed by atoms with Crippen LogP contribution >= 0.6 is 0 Å². The lowest BCUT2D eigenvalue weighted by atomic mass is 10.2. The van der Waals surface area contributed by atoms with Crippen LogP contribution in [0.25, 0.3) is 0 Å². The van der Waals surface area contributed by atoms with Gasteiger partial charge in [0.05, 0.1) is 4.92 Å². The van der Waals surface area contributed by atoms with Crippen LogP contribution in [0.3, 0.4) is 0 Å². The molecule has 0 fully saturated rings. The Morgan fingerprint density at radius 1 is 1.40 bits per heavy atom. The maximum Gasteiger partial charge on any atom is 0.269 e. The maximum absolute atomic E-state index is 10.6. The van der Waals surface area contributed by atoms with E-state index < -0.39 is 4.92 Å². The molecule has 0 aliphatic heterocycles. The number of nitro benzene ring substituents is 1. The van der Waals surface area contributed by atoms with E-state index in [2.05, 4.69) is 10.4 Å². The quantitative estimate of drug-likeness (QED) is 0.492. The minimum absolute atomic E-state index is 0.0508. The molecule has 0 spiro atoms. The van der Waals surface area contributed by atoms with Crippen LogP contribution < -0.4 is 16.0 Å². The molecule has 0 saturated heterocycles. The van der Waals surface area contributed by atoms with Crippen molar-refractivity contribution in [2.45, 2.75) is 13.5 Å². The Morgan fingerprint density at radius 2 is 2.20 bits per heavy atom. The van der Waals surface area contributed by atoms with E-state index in [1.54, 1.807) is 25.3 Å². The number of nitro groups is 1. The van der Waals surface area contributed by atoms with Gasteiger partial charge in [-0.2, -0.15) is 0 Å². The highest BCUT2D eigenvalue weighted by molar-refractivity contribution is 5.43. The van der Waals surface area contributed by atoms with E-state index in [-0.39, 0.29) is 5.69 Å². The van der Waals surface area contributed by atoms with Crippen LogP contribution in [0.4, 0.5) is 11.5 Å². The van der Waals surface area contributed by atoms with Crippen molar-refractivity contribution < 1.29 is 9.66 Å². The van der Waals surface area contributed by atoms with Gasteiger partial charge in [-0.25, -0.2) is 10.8 Å². The molecule has 0 amide bonds. The smallest absolute Gasteiger partial charge is 0.269 e. The number of rotatable bonds is 5. The Labute approximate surface area is 115 Å². The van der Waals surface area contributed by atoms with Crippen molar-refractivity contribution in [3.8, 4) is 5.75 Å². The number of pyridine rings is 1. The van der Waals surface area contributed by atoms with E-state index in [1.807, 2.05) is 6.07 Å². The molecule has 20 heavy (non-hydrogen) atoms. The zero-order valence-electron chi connectivity index (χ0n) is 10.9. The van der Waals surface area contributed by atoms with Gasteiger partial charge in [-0.3, -0.25) is 10.1 Å². The van der Waals surface area contributed by atoms with E-state index in [4.69, 9.17) is 10.6 Å². The molecule has 1 aromatic carbocycles. The van der Waals surface area contributed by atoms with E-state index in [9.17, 15) is 10.1 Å². The molecule has 0 atom stereocenters. The summed E-state index contributed by atoms with van der Waals surface area (Å²) in [6.07, 6.45) is 1.65. The summed E-state index contributed by atoms with van der Waals surface area (Å²) in [6.45, 7) is 2.10. The number of nitrogens with one attached hydrogen (secondary N) is 1. The Hall–Kier alpha value is -2.67. The molecule has 0 bridgehead atoms. The minimum atomic E-state index is -0.431. The lowest BCUT2D eigenvalue weighted by Crippen LogP contribution is -2.08. The molecule has 3 N–H and O–H groups in total. The standard InChI is InChI=1S/C13H14N4O3/c1-9-6-11(17(18)19)3-4-12(9)20-8-10-2-5-13(16-14)15-7-10/h2-7H,8,14H2,1H3,(H,15,16). The normalized spacial score (nSPS) is 10.1. The predicted molar refractivity (Wildman–Crippen MR) is 74.2 cm³/mol. The van der Waals surface area contributed by atoms with E-state index in [0.29, 0.717) is 23.7 Å². The van der Waals surface area contributed by atoms with Gasteiger partial charge in [-0.15, -0.1) is 0 Å². The average Bonchev–Trinajstić information content (AvgIpc) is 2.46. The highest BCUT2D eigenvalue weighted by Crippen LogP contribution is 2.24. The van der Waals surface area contributed by atoms with Gasteiger partial charge in [0.15, 0.2) is 0 Å². The first-order valence-corrected chi connectivity index (χ1v) is 5.89. The summed E-state index contributed by atoms with van der Waals surface area (Å²) in [7, 11) is 0. The molecule has 0 aliphatic carbocycles. The van der Waals surface area contributed by atoms with Crippen LogP contribution in [0.1, 0.15) is 11.1 Å². The number of hydrogen-bond donors (Lipinski definition) is 2. The third kappa shape index (κ3) is 3.21. The summed E-state index contributed by atoms with van der Waals surface area (Å²) in [6, 6.07) is 8.07. The average molecular weight is 274 g/mol. The molecular weight excluding hydrogens is 260 g/mol. The third-order valence-corrected chi connectivity index (χ3v) is 2.74. The van der Waals surface area contributed by atoms with Crippen LogP contribution in [-0.2, 0) is 6.61 Å². The number of nitrogens with two attached hydrogens (primary N) is 1. The van der Waals surface area contributed by atoms with Crippen molar-refractivity contribution in [2.24, 2.45) is 5.84 Å². The fraction of sp³-hybridized carbons (Fsp3) is 0.154. The number of non-ortho nitro benzene ring substituents is 1. The molecule has 1 aromatic heterocycles. The van der Waals surface area contributed by atoms with E-state index in [0.717, 1.165) is 5.56 Å². The van der Waals surface area contributed by atoms with Crippen LogP contribution in [0, 0.1) is 17.0 Å². The Bertz CT molecular complexity index is 614. The second-order valence-electron chi connectivity index (χ2n) is 4.19. The summed E-state index contributed by atoms with van der Waals surface area (Å²) in [4.78, 5) is 14.3. The van der Waals surface area contributed by atoms with Gasteiger partial charge in [0.2, 0.25) is 0 Å². The molecule has 0 radical (unpaired) electrons. The van der Waals surface area contributed by atoms with Crippen LogP contribution in [-0.4, -0.2) is 9.91 Å². The summed E-state index contributed by atoms with van der Waals surface area (Å²) < 4.78 is 5.62. The van der Waals surface area contributed by atoms with Gasteiger partial charge in [0.25, 0.3) is 5.69 Å². The second kappa shape index (κ2) is 5.98. The number of aromatic nitrogens is 1. The molecule has 7 nitrogen and oxygen atoms in total. The zero-order chi connectivity index (χ0) is 14.5. The Kier molecular flexibility index (Phi) is 4.11. The fourth-order valence-electron chi connectivity index (χ4n) is 1.67. The number of nitrogens with zero attached hydrogens (tertiary/aromatic N) is 2. The summed E-state index contributed by atoms with van der Waals surface area (Å²) >= 11 is 0. The number of nitrogen functional groups attached to an aromatic ring is 1. The van der Waals surface area contributed by atoms with Crippen molar-refractivity contribution >= 4 is 11.5 Å². The lowest BCUT2D eigenvalue weighted by Gasteiger charge is -2.09. The van der Waals surface area contributed by atoms with Crippen molar-refractivity contribution in [3.63, 3.8) is 0 Å². The van der Waals surface area contributed by atoms with Crippen LogP contribution in [0.2, 0.25) is 0 Å². The molecule has 1 heterocycles. The monoisotopic (exact) mass is 274 g/mol. The lowest BCUT2D eigenvalue weighted by molar-refractivity contribution is -0.384. The molecule has 104 valence electrons. The van der Waals surface area contributed by atoms with E-state index >= 15 is 0 Å². The summed E-state index contributed by atoms with van der Waals surface area (Å²) in [5.41, 5.74) is 4.08. The SMILES string of the molecule is Cc1cc([N+](=O)[O-])ccc1OCc1ccc(NN)nc1. The fourth-order valence-corrected chi connectivity index (χ4v) is 1.67. The number of hydrazine groups is 1. The van der Waals surface area contributed by atoms with Gasteiger partial charge in [-0.1, -0.05) is 6.07 Å². The van der Waals surface area contributed by atoms with Crippen LogP contribution in [0.5, 0.6) is 5.75 Å². The van der Waals surface area contributed by atoms with Gasteiger partial charge < -0.3 is 10.2 Å². The molecule has 7 heteroatoms.